The molecule has 2 aliphatic heterocycles. The second-order valence-corrected chi connectivity index (χ2v) is 5.54. The average Bonchev–Trinajstić information content (AvgIpc) is 2.18. The van der Waals surface area contributed by atoms with Crippen LogP contribution in [0.25, 0.3) is 0 Å². The number of hydrogen-bond donors (Lipinski definition) is 0. The molecule has 1 saturated carbocycles. The van der Waals surface area contributed by atoms with Gasteiger partial charge in [-0.15, -0.1) is 6.58 Å². The summed E-state index contributed by atoms with van der Waals surface area (Å²) in [5.41, 5.74) is 0.156. The summed E-state index contributed by atoms with van der Waals surface area (Å²) in [6, 6.07) is 0. The number of ether oxygens (including phenoxy) is 1. The minimum atomic E-state index is -0.592. The number of carbonyl (C=O) groups excluding carboxylic acids is 1. The summed E-state index contributed by atoms with van der Waals surface area (Å²) in [6.07, 6.45) is 6.54. The van der Waals surface area contributed by atoms with E-state index in [0.717, 1.165) is 24.8 Å². The number of hydrogen-bond acceptors (Lipinski definition) is 2. The number of ketones is 1. The Morgan fingerprint density at radius 2 is 2.19 bits per heavy atom. The zero-order valence-electron chi connectivity index (χ0n) is 10.4. The van der Waals surface area contributed by atoms with Crippen molar-refractivity contribution in [1.82, 2.24) is 0 Å². The van der Waals surface area contributed by atoms with Crippen LogP contribution in [0.5, 0.6) is 0 Å². The van der Waals surface area contributed by atoms with Crippen LogP contribution in [0.1, 0.15) is 40.0 Å². The third kappa shape index (κ3) is 1.56. The Balaban J connectivity index is 2.40. The zero-order chi connectivity index (χ0) is 12.0. The molecular formula is C14H20O2. The summed E-state index contributed by atoms with van der Waals surface area (Å²) < 4.78 is 5.97. The molecule has 0 spiro atoms. The summed E-state index contributed by atoms with van der Waals surface area (Å²) in [5, 5.41) is 0. The average molecular weight is 220 g/mol. The lowest BCUT2D eigenvalue weighted by molar-refractivity contribution is -0.206. The van der Waals surface area contributed by atoms with E-state index in [1.165, 1.54) is 0 Å². The van der Waals surface area contributed by atoms with Gasteiger partial charge in [0.1, 0.15) is 5.60 Å². The van der Waals surface area contributed by atoms with E-state index < -0.39 is 5.60 Å². The van der Waals surface area contributed by atoms with Crippen LogP contribution in [0.3, 0.4) is 0 Å². The van der Waals surface area contributed by atoms with Crippen molar-refractivity contribution in [2.45, 2.75) is 51.2 Å². The maximum Gasteiger partial charge on any atom is 0.190 e. The molecule has 2 unspecified atom stereocenters. The summed E-state index contributed by atoms with van der Waals surface area (Å²) in [4.78, 5) is 12.3. The largest absolute Gasteiger partial charge is 0.361 e. The number of rotatable bonds is 2. The second kappa shape index (κ2) is 3.56. The number of Topliss-reactive ketones (excluding diaryl/α,β-unsaturated/α-hetero) is 1. The lowest BCUT2D eigenvalue weighted by Crippen LogP contribution is -2.60. The van der Waals surface area contributed by atoms with Crippen LogP contribution in [0.2, 0.25) is 0 Å². The summed E-state index contributed by atoms with van der Waals surface area (Å²) >= 11 is 0. The summed E-state index contributed by atoms with van der Waals surface area (Å²) in [7, 11) is 0. The van der Waals surface area contributed by atoms with Gasteiger partial charge in [-0.25, -0.2) is 0 Å². The lowest BCUT2D eigenvalue weighted by atomic mass is 9.65. The molecule has 2 saturated heterocycles. The Morgan fingerprint density at radius 1 is 1.50 bits per heavy atom. The molecule has 0 aromatic rings. The van der Waals surface area contributed by atoms with E-state index in [1.807, 2.05) is 19.1 Å². The van der Waals surface area contributed by atoms with Crippen LogP contribution in [0.4, 0.5) is 0 Å². The molecular weight excluding hydrogens is 200 g/mol. The molecule has 88 valence electrons. The number of carbonyl (C=O) groups is 1. The molecule has 0 aromatic carbocycles. The third-order valence-electron chi connectivity index (χ3n) is 3.86. The molecule has 2 nitrogen and oxygen atoms in total. The zero-order valence-corrected chi connectivity index (χ0v) is 10.4. The lowest BCUT2D eigenvalue weighted by Gasteiger charge is -2.53. The van der Waals surface area contributed by atoms with E-state index in [4.69, 9.17) is 4.74 Å². The van der Waals surface area contributed by atoms with Crippen molar-refractivity contribution in [3.8, 4) is 0 Å². The first-order valence-electron chi connectivity index (χ1n) is 5.96. The highest BCUT2D eigenvalue weighted by Gasteiger charge is 2.56. The minimum Gasteiger partial charge on any atom is -0.361 e. The predicted octanol–water partition coefficient (Wildman–Crippen LogP) is 3.04. The van der Waals surface area contributed by atoms with Gasteiger partial charge < -0.3 is 4.74 Å². The van der Waals surface area contributed by atoms with Crippen molar-refractivity contribution < 1.29 is 9.53 Å². The molecule has 0 radical (unpaired) electrons. The van der Waals surface area contributed by atoms with E-state index >= 15 is 0 Å². The fourth-order valence-corrected chi connectivity index (χ4v) is 3.07. The Morgan fingerprint density at radius 3 is 2.75 bits per heavy atom. The summed E-state index contributed by atoms with van der Waals surface area (Å²) in [5.74, 6) is 0.437. The first kappa shape index (κ1) is 11.6. The van der Waals surface area contributed by atoms with E-state index in [9.17, 15) is 4.79 Å². The molecule has 2 atom stereocenters. The van der Waals surface area contributed by atoms with Gasteiger partial charge in [-0.2, -0.15) is 0 Å². The topological polar surface area (TPSA) is 26.3 Å². The normalized spacial score (nSPS) is 39.1. The van der Waals surface area contributed by atoms with Gasteiger partial charge in [-0.3, -0.25) is 4.79 Å². The Hall–Kier alpha value is -0.890. The van der Waals surface area contributed by atoms with E-state index in [0.29, 0.717) is 0 Å². The van der Waals surface area contributed by atoms with Crippen LogP contribution in [0, 0.1) is 5.92 Å². The van der Waals surface area contributed by atoms with Crippen LogP contribution in [0.15, 0.2) is 24.3 Å². The molecule has 0 aromatic heterocycles. The molecule has 2 heterocycles. The van der Waals surface area contributed by atoms with Gasteiger partial charge in [0.2, 0.25) is 0 Å². The third-order valence-corrected chi connectivity index (χ3v) is 3.86. The monoisotopic (exact) mass is 220 g/mol. The van der Waals surface area contributed by atoms with Crippen molar-refractivity contribution in [1.29, 1.82) is 0 Å². The van der Waals surface area contributed by atoms with Crippen molar-refractivity contribution >= 4 is 5.78 Å². The maximum absolute atomic E-state index is 12.3. The Bertz CT molecular complexity index is 365. The fraction of sp³-hybridized carbons (Fsp3) is 0.643. The Kier molecular flexibility index (Phi) is 2.58. The van der Waals surface area contributed by atoms with E-state index in [1.54, 1.807) is 0 Å². The SMILES string of the molecule is C=CCC=C1C(=O)C2(C)CCC1C(C)(C)O2. The van der Waals surface area contributed by atoms with Crippen molar-refractivity contribution in [2.24, 2.45) is 5.92 Å². The molecule has 16 heavy (non-hydrogen) atoms. The molecule has 0 N–H and O–H groups in total. The van der Waals surface area contributed by atoms with Crippen LogP contribution in [-0.4, -0.2) is 17.0 Å². The maximum atomic E-state index is 12.3. The first-order valence-corrected chi connectivity index (χ1v) is 5.96. The van der Waals surface area contributed by atoms with Gasteiger partial charge in [0.25, 0.3) is 0 Å². The minimum absolute atomic E-state index is 0.185. The van der Waals surface area contributed by atoms with Gasteiger partial charge in [0.15, 0.2) is 5.78 Å². The summed E-state index contributed by atoms with van der Waals surface area (Å²) in [6.45, 7) is 9.80. The molecule has 3 fully saturated rings. The van der Waals surface area contributed by atoms with Gasteiger partial charge in [0.05, 0.1) is 5.60 Å². The van der Waals surface area contributed by atoms with Gasteiger partial charge in [-0.1, -0.05) is 12.2 Å². The molecule has 3 aliphatic rings. The van der Waals surface area contributed by atoms with Gasteiger partial charge >= 0.3 is 0 Å². The van der Waals surface area contributed by atoms with E-state index in [2.05, 4.69) is 20.4 Å². The standard InChI is InChI=1S/C14H20O2/c1-5-6-7-10-11-8-9-14(4,12(10)15)16-13(11,2)3/h5,7,11H,1,6,8-9H2,2-4H3. The first-order chi connectivity index (χ1) is 7.41. The van der Waals surface area contributed by atoms with Crippen LogP contribution < -0.4 is 0 Å². The van der Waals surface area contributed by atoms with Gasteiger partial charge in [0, 0.05) is 11.5 Å². The number of fused-ring (bicyclic) bond motifs is 3. The van der Waals surface area contributed by atoms with Crippen LogP contribution in [-0.2, 0) is 9.53 Å². The predicted molar refractivity (Wildman–Crippen MR) is 64.2 cm³/mol. The fourth-order valence-electron chi connectivity index (χ4n) is 3.07. The van der Waals surface area contributed by atoms with Crippen LogP contribution >= 0.6 is 0 Å². The molecule has 3 rings (SSSR count). The molecule has 2 heteroatoms. The highest BCUT2D eigenvalue weighted by atomic mass is 16.5. The molecule has 2 bridgehead atoms. The second-order valence-electron chi connectivity index (χ2n) is 5.54. The molecule has 0 amide bonds. The highest BCUT2D eigenvalue weighted by Crippen LogP contribution is 2.50. The van der Waals surface area contributed by atoms with E-state index in [-0.39, 0.29) is 17.3 Å². The highest BCUT2D eigenvalue weighted by molar-refractivity contribution is 6.03. The van der Waals surface area contributed by atoms with Crippen molar-refractivity contribution in [3.05, 3.63) is 24.3 Å². The van der Waals surface area contributed by atoms with Gasteiger partial charge in [-0.05, 0) is 40.0 Å². The Labute approximate surface area is 97.4 Å². The van der Waals surface area contributed by atoms with Crippen molar-refractivity contribution in [3.63, 3.8) is 0 Å². The van der Waals surface area contributed by atoms with Crippen molar-refractivity contribution in [2.75, 3.05) is 0 Å². The quantitative estimate of drug-likeness (QED) is 0.528. The molecule has 1 aliphatic carbocycles. The number of allylic oxidation sites excluding steroid dienone is 2. The smallest absolute Gasteiger partial charge is 0.190 e.